The Morgan fingerprint density at radius 2 is 1.61 bits per heavy atom. The number of nitrogens with one attached hydrogen (secondary N) is 1. The fourth-order valence-electron chi connectivity index (χ4n) is 2.35. The predicted molar refractivity (Wildman–Crippen MR) is 94.1 cm³/mol. The molecule has 0 aliphatic heterocycles. The van der Waals surface area contributed by atoms with Gasteiger partial charge in [-0.1, -0.05) is 48.0 Å². The lowest BCUT2D eigenvalue weighted by Crippen LogP contribution is -2.29. The van der Waals surface area contributed by atoms with Crippen molar-refractivity contribution in [3.63, 3.8) is 0 Å². The molecule has 0 saturated heterocycles. The lowest BCUT2D eigenvalue weighted by atomic mass is 10.0. The molecule has 23 heavy (non-hydrogen) atoms. The van der Waals surface area contributed by atoms with Crippen molar-refractivity contribution < 1.29 is 8.42 Å². The number of aryl methyl sites for hydroxylation is 1. The molecule has 3 rings (SSSR count). The average molecular weight is 343 g/mol. The highest BCUT2D eigenvalue weighted by atomic mass is 32.2. The van der Waals surface area contributed by atoms with Gasteiger partial charge >= 0.3 is 0 Å². The van der Waals surface area contributed by atoms with Gasteiger partial charge in [-0.05, 0) is 47.0 Å². The second-order valence-corrected chi connectivity index (χ2v) is 7.83. The first-order valence-corrected chi connectivity index (χ1v) is 9.65. The second kappa shape index (κ2) is 6.66. The third kappa shape index (κ3) is 3.69. The molecule has 1 N–H and O–H groups in total. The summed E-state index contributed by atoms with van der Waals surface area (Å²) in [5, 5.41) is 3.92. The molecule has 0 amide bonds. The van der Waals surface area contributed by atoms with Gasteiger partial charge in [0.25, 0.3) is 0 Å². The summed E-state index contributed by atoms with van der Waals surface area (Å²) in [5.41, 5.74) is 2.89. The van der Waals surface area contributed by atoms with E-state index in [1.165, 1.54) is 0 Å². The highest BCUT2D eigenvalue weighted by Gasteiger charge is 2.23. The van der Waals surface area contributed by atoms with Crippen molar-refractivity contribution in [2.45, 2.75) is 17.9 Å². The molecule has 0 radical (unpaired) electrons. The van der Waals surface area contributed by atoms with Gasteiger partial charge in [-0.15, -0.1) is 0 Å². The first kappa shape index (κ1) is 15.9. The van der Waals surface area contributed by atoms with Gasteiger partial charge in [0, 0.05) is 0 Å². The van der Waals surface area contributed by atoms with Crippen LogP contribution >= 0.6 is 11.3 Å². The smallest absolute Gasteiger partial charge is 0.207 e. The lowest BCUT2D eigenvalue weighted by molar-refractivity contribution is 0.572. The van der Waals surface area contributed by atoms with Crippen LogP contribution in [-0.2, 0) is 10.0 Å². The highest BCUT2D eigenvalue weighted by Crippen LogP contribution is 2.26. The number of thiophene rings is 1. The predicted octanol–water partition coefficient (Wildman–Crippen LogP) is 4.12. The molecular formula is C18H17NO2S2. The second-order valence-electron chi connectivity index (χ2n) is 5.33. The Morgan fingerprint density at radius 1 is 0.913 bits per heavy atom. The van der Waals surface area contributed by atoms with Crippen molar-refractivity contribution in [2.24, 2.45) is 0 Å². The van der Waals surface area contributed by atoms with Crippen LogP contribution in [0.3, 0.4) is 0 Å². The van der Waals surface area contributed by atoms with E-state index in [4.69, 9.17) is 0 Å². The van der Waals surface area contributed by atoms with E-state index < -0.39 is 16.1 Å². The van der Waals surface area contributed by atoms with E-state index in [1.54, 1.807) is 35.6 Å². The van der Waals surface area contributed by atoms with Crippen LogP contribution in [0.4, 0.5) is 0 Å². The monoisotopic (exact) mass is 343 g/mol. The van der Waals surface area contributed by atoms with Crippen molar-refractivity contribution in [1.29, 1.82) is 0 Å². The molecule has 1 aromatic heterocycles. The van der Waals surface area contributed by atoms with Crippen LogP contribution in [0.15, 0.2) is 76.3 Å². The number of hydrogen-bond acceptors (Lipinski definition) is 3. The average Bonchev–Trinajstić information content (AvgIpc) is 3.08. The summed E-state index contributed by atoms with van der Waals surface area (Å²) in [6.07, 6.45) is 0. The zero-order valence-corrected chi connectivity index (χ0v) is 14.3. The molecule has 0 bridgehead atoms. The molecule has 1 heterocycles. The number of rotatable bonds is 5. The molecule has 3 nitrogen and oxygen atoms in total. The Kier molecular flexibility index (Phi) is 4.61. The first-order chi connectivity index (χ1) is 11.1. The van der Waals surface area contributed by atoms with E-state index in [9.17, 15) is 8.42 Å². The molecule has 5 heteroatoms. The molecule has 0 saturated carbocycles. The minimum absolute atomic E-state index is 0.277. The molecule has 1 atom stereocenters. The van der Waals surface area contributed by atoms with Crippen molar-refractivity contribution in [3.8, 4) is 0 Å². The summed E-state index contributed by atoms with van der Waals surface area (Å²) in [5.74, 6) is 0. The molecule has 1 unspecified atom stereocenters. The van der Waals surface area contributed by atoms with Gasteiger partial charge in [-0.25, -0.2) is 8.42 Å². The third-order valence-corrected chi connectivity index (χ3v) is 5.75. The van der Waals surface area contributed by atoms with E-state index >= 15 is 0 Å². The SMILES string of the molecule is Cc1ccc(S(=O)(=O)NC(c2ccccc2)c2ccsc2)cc1. The van der Waals surface area contributed by atoms with E-state index in [0.29, 0.717) is 0 Å². The molecule has 0 aliphatic rings. The summed E-state index contributed by atoms with van der Waals surface area (Å²) < 4.78 is 28.3. The van der Waals surface area contributed by atoms with Crippen LogP contribution in [-0.4, -0.2) is 8.42 Å². The Labute approximate surface area is 140 Å². The van der Waals surface area contributed by atoms with Crippen LogP contribution in [0.1, 0.15) is 22.7 Å². The number of sulfonamides is 1. The minimum Gasteiger partial charge on any atom is -0.207 e. The Bertz CT molecular complexity index is 855. The van der Waals surface area contributed by atoms with Gasteiger partial charge in [0.15, 0.2) is 0 Å². The van der Waals surface area contributed by atoms with Crippen LogP contribution in [0.2, 0.25) is 0 Å². The Hall–Kier alpha value is -1.95. The molecule has 2 aromatic carbocycles. The minimum atomic E-state index is -3.60. The summed E-state index contributed by atoms with van der Waals surface area (Å²) in [7, 11) is -3.60. The molecule has 3 aromatic rings. The van der Waals surface area contributed by atoms with Crippen molar-refractivity contribution in [3.05, 3.63) is 88.1 Å². The lowest BCUT2D eigenvalue weighted by Gasteiger charge is -2.18. The summed E-state index contributed by atoms with van der Waals surface area (Å²) in [6, 6.07) is 18.0. The summed E-state index contributed by atoms with van der Waals surface area (Å²) in [6.45, 7) is 1.93. The van der Waals surface area contributed by atoms with Crippen molar-refractivity contribution in [1.82, 2.24) is 4.72 Å². The quantitative estimate of drug-likeness (QED) is 0.757. The van der Waals surface area contributed by atoms with Gasteiger partial charge in [-0.2, -0.15) is 16.1 Å². The van der Waals surface area contributed by atoms with Crippen LogP contribution in [0.5, 0.6) is 0 Å². The maximum Gasteiger partial charge on any atom is 0.241 e. The van der Waals surface area contributed by atoms with Gasteiger partial charge in [0.1, 0.15) is 0 Å². The van der Waals surface area contributed by atoms with E-state index in [0.717, 1.165) is 16.7 Å². The third-order valence-electron chi connectivity index (χ3n) is 3.61. The summed E-state index contributed by atoms with van der Waals surface area (Å²) >= 11 is 1.55. The largest absolute Gasteiger partial charge is 0.241 e. The van der Waals surface area contributed by atoms with Gasteiger partial charge in [0.2, 0.25) is 10.0 Å². The zero-order chi connectivity index (χ0) is 16.3. The van der Waals surface area contributed by atoms with Crippen LogP contribution in [0, 0.1) is 6.92 Å². The molecule has 0 spiro atoms. The number of benzene rings is 2. The molecule has 118 valence electrons. The van der Waals surface area contributed by atoms with Gasteiger partial charge in [-0.3, -0.25) is 0 Å². The summed E-state index contributed by atoms with van der Waals surface area (Å²) in [4.78, 5) is 0.277. The van der Waals surface area contributed by atoms with Crippen LogP contribution < -0.4 is 4.72 Å². The molecular weight excluding hydrogens is 326 g/mol. The van der Waals surface area contributed by atoms with E-state index in [1.807, 2.05) is 54.1 Å². The highest BCUT2D eigenvalue weighted by molar-refractivity contribution is 7.89. The maximum absolute atomic E-state index is 12.7. The van der Waals surface area contributed by atoms with Crippen LogP contribution in [0.25, 0.3) is 0 Å². The van der Waals surface area contributed by atoms with E-state index in [2.05, 4.69) is 4.72 Å². The van der Waals surface area contributed by atoms with Gasteiger partial charge < -0.3 is 0 Å². The van der Waals surface area contributed by atoms with Crippen molar-refractivity contribution in [2.75, 3.05) is 0 Å². The zero-order valence-electron chi connectivity index (χ0n) is 12.6. The topological polar surface area (TPSA) is 46.2 Å². The first-order valence-electron chi connectivity index (χ1n) is 7.22. The maximum atomic E-state index is 12.7. The number of hydrogen-bond donors (Lipinski definition) is 1. The van der Waals surface area contributed by atoms with Crippen molar-refractivity contribution >= 4 is 21.4 Å². The fourth-order valence-corrected chi connectivity index (χ4v) is 4.25. The molecule has 0 aliphatic carbocycles. The van der Waals surface area contributed by atoms with Gasteiger partial charge in [0.05, 0.1) is 10.9 Å². The molecule has 0 fully saturated rings. The Morgan fingerprint density at radius 3 is 2.22 bits per heavy atom. The normalized spacial score (nSPS) is 12.9. The van der Waals surface area contributed by atoms with E-state index in [-0.39, 0.29) is 4.90 Å². The fraction of sp³-hybridized carbons (Fsp3) is 0.111. The Balaban J connectivity index is 1.97. The standard InChI is InChI=1S/C18H17NO2S2/c1-14-7-9-17(10-8-14)23(20,21)19-18(16-11-12-22-13-16)15-5-3-2-4-6-15/h2-13,18-19H,1H3.